The first-order valence-corrected chi connectivity index (χ1v) is 3.14. The SMILES string of the molecule is BBBCC.CC#N.[W]. The van der Waals surface area contributed by atoms with Crippen LogP contribution < -0.4 is 0 Å². The minimum Gasteiger partial charge on any atom is -0.199 e. The number of hydrogen-bond acceptors (Lipinski definition) is 1. The van der Waals surface area contributed by atoms with Gasteiger partial charge >= 0.3 is 0 Å². The summed E-state index contributed by atoms with van der Waals surface area (Å²) in [4.78, 5) is 0. The zero-order valence-corrected chi connectivity index (χ0v) is 9.41. The van der Waals surface area contributed by atoms with Gasteiger partial charge in [-0.3, -0.25) is 0 Å². The molecule has 0 aromatic carbocycles. The van der Waals surface area contributed by atoms with Gasteiger partial charge in [0.05, 0.1) is 28.0 Å². The molecule has 0 atom stereocenters. The molecule has 0 fully saturated rings. The van der Waals surface area contributed by atoms with Crippen LogP contribution >= 0.6 is 0 Å². The van der Waals surface area contributed by atoms with E-state index in [1.165, 1.54) is 27.5 Å². The topological polar surface area (TPSA) is 23.8 Å². The van der Waals surface area contributed by atoms with Crippen LogP contribution in [0.15, 0.2) is 0 Å². The van der Waals surface area contributed by atoms with E-state index < -0.39 is 0 Å². The predicted molar refractivity (Wildman–Crippen MR) is 44.6 cm³/mol. The molecule has 1 nitrogen and oxygen atoms in total. The van der Waals surface area contributed by atoms with E-state index in [-0.39, 0.29) is 21.1 Å². The molecule has 0 N–H and O–H groups in total. The fraction of sp³-hybridized carbons (Fsp3) is 0.750. The Morgan fingerprint density at radius 3 is 2.00 bits per heavy atom. The van der Waals surface area contributed by atoms with Crippen molar-refractivity contribution < 1.29 is 21.1 Å². The number of hydrogen-bond donors (Lipinski definition) is 0. The molecule has 9 heavy (non-hydrogen) atoms. The average Bonchev–Trinajstić information content (AvgIpc) is 1.71. The first kappa shape index (κ1) is 16.2. The van der Waals surface area contributed by atoms with Gasteiger partial charge in [-0.1, -0.05) is 13.2 Å². The minimum absolute atomic E-state index is 0. The minimum atomic E-state index is 0. The average molecular weight is 290 g/mol. The van der Waals surface area contributed by atoms with Gasteiger partial charge in [0.1, 0.15) is 0 Å². The summed E-state index contributed by atoms with van der Waals surface area (Å²) in [5.74, 6) is 0. The van der Waals surface area contributed by atoms with Crippen molar-refractivity contribution in [3.63, 3.8) is 0 Å². The van der Waals surface area contributed by atoms with Gasteiger partial charge in [-0.2, -0.15) is 5.26 Å². The first-order chi connectivity index (χ1) is 3.83. The largest absolute Gasteiger partial charge is 0.199 e. The molecule has 0 aliphatic carbocycles. The maximum Gasteiger partial charge on any atom is 0.0776 e. The van der Waals surface area contributed by atoms with Gasteiger partial charge in [0.15, 0.2) is 0 Å². The second kappa shape index (κ2) is 23.8. The zero-order valence-electron chi connectivity index (χ0n) is 6.48. The summed E-state index contributed by atoms with van der Waals surface area (Å²) < 4.78 is 0. The second-order valence-corrected chi connectivity index (χ2v) is 1.58. The number of rotatable bonds is 2. The fourth-order valence-corrected chi connectivity index (χ4v) is 0.354. The zero-order chi connectivity index (χ0) is 6.83. The monoisotopic (exact) mass is 291 g/mol. The molecule has 0 saturated heterocycles. The molecular formula is C4H12B3NW. The van der Waals surface area contributed by atoms with Crippen molar-refractivity contribution in [3.05, 3.63) is 0 Å². The fourth-order valence-electron chi connectivity index (χ4n) is 0.354. The third kappa shape index (κ3) is 60.4. The first-order valence-electron chi connectivity index (χ1n) is 3.14. The van der Waals surface area contributed by atoms with E-state index in [1.807, 2.05) is 0 Å². The van der Waals surface area contributed by atoms with Crippen LogP contribution in [0.1, 0.15) is 13.8 Å². The summed E-state index contributed by atoms with van der Waals surface area (Å²) in [5.41, 5.74) is 0. The van der Waals surface area contributed by atoms with Crippen LogP contribution in [0.4, 0.5) is 0 Å². The summed E-state index contributed by atoms with van der Waals surface area (Å²) in [7, 11) is 4.94. The van der Waals surface area contributed by atoms with Crippen molar-refractivity contribution in [2.45, 2.75) is 20.2 Å². The molecule has 0 saturated carbocycles. The van der Waals surface area contributed by atoms with Crippen molar-refractivity contribution >= 4 is 22.0 Å². The molecular weight excluding hydrogens is 278 g/mol. The van der Waals surface area contributed by atoms with E-state index >= 15 is 0 Å². The third-order valence-corrected chi connectivity index (χ3v) is 0.707. The standard InChI is InChI=1S/C2H9B3.C2H3N.W/c1-2-4-5-3;1-2-3;/h4-5H,2-3H2,1H3;1H3;. The van der Waals surface area contributed by atoms with Gasteiger partial charge in [0, 0.05) is 28.0 Å². The Balaban J connectivity index is -0.0000000800. The molecule has 0 heterocycles. The Bertz CT molecular complexity index is 61.3. The summed E-state index contributed by atoms with van der Waals surface area (Å²) in [6.07, 6.45) is 1.34. The maximum atomic E-state index is 7.32. The molecule has 0 spiro atoms. The van der Waals surface area contributed by atoms with Crippen LogP contribution in [0.5, 0.6) is 0 Å². The van der Waals surface area contributed by atoms with Crippen LogP contribution in [-0.4, -0.2) is 22.0 Å². The van der Waals surface area contributed by atoms with Crippen molar-refractivity contribution in [1.82, 2.24) is 0 Å². The smallest absolute Gasteiger partial charge is 0.0776 e. The van der Waals surface area contributed by atoms with Gasteiger partial charge in [-0.05, 0) is 0 Å². The van der Waals surface area contributed by atoms with Crippen molar-refractivity contribution in [1.29, 1.82) is 5.26 Å². The van der Waals surface area contributed by atoms with Crippen LogP contribution in [0.25, 0.3) is 0 Å². The third-order valence-electron chi connectivity index (χ3n) is 0.707. The van der Waals surface area contributed by atoms with Crippen LogP contribution in [0, 0.1) is 11.3 Å². The number of nitrogens with zero attached hydrogens (tertiary/aromatic N) is 1. The molecule has 0 aromatic heterocycles. The molecule has 0 radical (unpaired) electrons. The molecule has 0 aromatic rings. The van der Waals surface area contributed by atoms with E-state index in [1.54, 1.807) is 6.07 Å². The number of nitriles is 1. The van der Waals surface area contributed by atoms with E-state index in [0.717, 1.165) is 0 Å². The van der Waals surface area contributed by atoms with Crippen molar-refractivity contribution in [2.75, 3.05) is 0 Å². The van der Waals surface area contributed by atoms with E-state index in [9.17, 15) is 0 Å². The Hall–Kier alpha value is 0.373. The van der Waals surface area contributed by atoms with Crippen LogP contribution in [-0.2, 0) is 21.1 Å². The summed E-state index contributed by atoms with van der Waals surface area (Å²) in [6, 6.07) is 1.75. The van der Waals surface area contributed by atoms with Crippen LogP contribution in [0.2, 0.25) is 6.32 Å². The molecule has 0 aliphatic rings. The summed E-state index contributed by atoms with van der Waals surface area (Å²) >= 11 is 0. The molecule has 0 unspecified atom stereocenters. The summed E-state index contributed by atoms with van der Waals surface area (Å²) in [5, 5.41) is 7.32. The maximum absolute atomic E-state index is 7.32. The van der Waals surface area contributed by atoms with Gasteiger partial charge in [0.25, 0.3) is 0 Å². The van der Waals surface area contributed by atoms with E-state index in [0.29, 0.717) is 0 Å². The quantitative estimate of drug-likeness (QED) is 0.616. The Morgan fingerprint density at radius 2 is 2.00 bits per heavy atom. The molecule has 0 bridgehead atoms. The van der Waals surface area contributed by atoms with Gasteiger partial charge < -0.3 is 0 Å². The molecule has 0 amide bonds. The van der Waals surface area contributed by atoms with Gasteiger partial charge in [0.2, 0.25) is 0 Å². The van der Waals surface area contributed by atoms with E-state index in [4.69, 9.17) is 5.26 Å². The molecule has 5 heteroatoms. The van der Waals surface area contributed by atoms with Gasteiger partial charge in [-0.15, -0.1) is 0 Å². The Kier molecular flexibility index (Phi) is 42.8. The van der Waals surface area contributed by atoms with E-state index in [2.05, 4.69) is 14.7 Å². The molecule has 0 aliphatic heterocycles. The van der Waals surface area contributed by atoms with Crippen molar-refractivity contribution in [3.8, 4) is 6.07 Å². The molecule has 48 valence electrons. The van der Waals surface area contributed by atoms with Crippen LogP contribution in [0.3, 0.4) is 0 Å². The molecule has 0 rings (SSSR count). The second-order valence-electron chi connectivity index (χ2n) is 1.58. The van der Waals surface area contributed by atoms with Crippen molar-refractivity contribution in [2.24, 2.45) is 0 Å². The Labute approximate surface area is 74.7 Å². The predicted octanol–water partition coefficient (Wildman–Crippen LogP) is -0.712. The normalized spacial score (nSPS) is 4.56. The Morgan fingerprint density at radius 1 is 1.67 bits per heavy atom. The van der Waals surface area contributed by atoms with Gasteiger partial charge in [-0.25, -0.2) is 0 Å². The summed E-state index contributed by atoms with van der Waals surface area (Å²) in [6.45, 7) is 3.64.